The standard InChI is InChI=1S/C27H30FN3O3S/c1-21-8-12-25(13-9-21)31(35(33,34)26-14-10-24(28)11-15-26)20-27(32)29-18-22-6-2-3-7-23(22)19-30-16-4-5-17-30/h2-3,6-15H,4-5,16-20H2,1H3,(H,29,32). The van der Waals surface area contributed by atoms with Crippen LogP contribution in [-0.4, -0.2) is 38.9 Å². The van der Waals surface area contributed by atoms with E-state index in [0.717, 1.165) is 52.8 Å². The lowest BCUT2D eigenvalue weighted by molar-refractivity contribution is -0.119. The number of aryl methyl sites for hydroxylation is 1. The Hall–Kier alpha value is -3.23. The number of nitrogens with zero attached hydrogens (tertiary/aromatic N) is 2. The summed E-state index contributed by atoms with van der Waals surface area (Å²) in [5.74, 6) is -0.955. The lowest BCUT2D eigenvalue weighted by Crippen LogP contribution is -2.40. The van der Waals surface area contributed by atoms with E-state index in [1.54, 1.807) is 24.3 Å². The number of carbonyl (C=O) groups is 1. The monoisotopic (exact) mass is 495 g/mol. The van der Waals surface area contributed by atoms with Crippen LogP contribution in [0.3, 0.4) is 0 Å². The first-order valence-electron chi connectivity index (χ1n) is 11.7. The van der Waals surface area contributed by atoms with Crippen LogP contribution in [-0.2, 0) is 27.9 Å². The topological polar surface area (TPSA) is 69.7 Å². The smallest absolute Gasteiger partial charge is 0.264 e. The van der Waals surface area contributed by atoms with E-state index in [2.05, 4.69) is 16.3 Å². The van der Waals surface area contributed by atoms with E-state index in [1.165, 1.54) is 25.0 Å². The molecule has 184 valence electrons. The summed E-state index contributed by atoms with van der Waals surface area (Å²) in [7, 11) is -4.09. The SMILES string of the molecule is Cc1ccc(N(CC(=O)NCc2ccccc2CN2CCCC2)S(=O)(=O)c2ccc(F)cc2)cc1. The highest BCUT2D eigenvalue weighted by Crippen LogP contribution is 2.24. The van der Waals surface area contributed by atoms with Crippen molar-refractivity contribution < 1.29 is 17.6 Å². The summed E-state index contributed by atoms with van der Waals surface area (Å²) in [5.41, 5.74) is 3.50. The maximum Gasteiger partial charge on any atom is 0.264 e. The zero-order chi connectivity index (χ0) is 24.8. The lowest BCUT2D eigenvalue weighted by Gasteiger charge is -2.24. The molecule has 1 amide bonds. The predicted molar refractivity (Wildman–Crippen MR) is 135 cm³/mol. The van der Waals surface area contributed by atoms with Gasteiger partial charge in [-0.1, -0.05) is 42.0 Å². The number of anilines is 1. The molecule has 4 rings (SSSR count). The van der Waals surface area contributed by atoms with Gasteiger partial charge in [0.25, 0.3) is 10.0 Å². The Kier molecular flexibility index (Phi) is 7.83. The summed E-state index contributed by atoms with van der Waals surface area (Å²) in [6, 6.07) is 19.5. The van der Waals surface area contributed by atoms with Crippen molar-refractivity contribution in [1.29, 1.82) is 0 Å². The van der Waals surface area contributed by atoms with E-state index in [1.807, 2.05) is 25.1 Å². The van der Waals surface area contributed by atoms with Gasteiger partial charge < -0.3 is 5.32 Å². The number of hydrogen-bond acceptors (Lipinski definition) is 4. The summed E-state index contributed by atoms with van der Waals surface area (Å²) in [6.07, 6.45) is 2.41. The van der Waals surface area contributed by atoms with Crippen molar-refractivity contribution in [2.24, 2.45) is 0 Å². The fourth-order valence-electron chi connectivity index (χ4n) is 4.21. The van der Waals surface area contributed by atoms with Gasteiger partial charge in [-0.05, 0) is 80.4 Å². The molecule has 0 bridgehead atoms. The highest BCUT2D eigenvalue weighted by atomic mass is 32.2. The van der Waals surface area contributed by atoms with Crippen molar-refractivity contribution in [3.8, 4) is 0 Å². The average Bonchev–Trinajstić information content (AvgIpc) is 3.36. The minimum atomic E-state index is -4.09. The van der Waals surface area contributed by atoms with Gasteiger partial charge in [0.1, 0.15) is 12.4 Å². The first kappa shape index (κ1) is 24.9. The maximum absolute atomic E-state index is 13.4. The number of nitrogens with one attached hydrogen (secondary N) is 1. The minimum Gasteiger partial charge on any atom is -0.350 e. The molecule has 0 aliphatic carbocycles. The quantitative estimate of drug-likeness (QED) is 0.482. The summed E-state index contributed by atoms with van der Waals surface area (Å²) < 4.78 is 41.3. The number of likely N-dealkylation sites (tertiary alicyclic amines) is 1. The van der Waals surface area contributed by atoms with Crippen molar-refractivity contribution in [2.75, 3.05) is 23.9 Å². The average molecular weight is 496 g/mol. The van der Waals surface area contributed by atoms with Gasteiger partial charge in [-0.3, -0.25) is 14.0 Å². The second-order valence-corrected chi connectivity index (χ2v) is 10.7. The normalized spacial score (nSPS) is 14.1. The molecule has 8 heteroatoms. The largest absolute Gasteiger partial charge is 0.350 e. The molecule has 1 saturated heterocycles. The van der Waals surface area contributed by atoms with E-state index in [0.29, 0.717) is 12.2 Å². The van der Waals surface area contributed by atoms with Crippen LogP contribution in [0.15, 0.2) is 77.7 Å². The highest BCUT2D eigenvalue weighted by Gasteiger charge is 2.27. The first-order chi connectivity index (χ1) is 16.8. The third kappa shape index (κ3) is 6.26. The molecule has 0 saturated carbocycles. The molecule has 1 fully saturated rings. The molecule has 0 aromatic heterocycles. The fraction of sp³-hybridized carbons (Fsp3) is 0.296. The zero-order valence-corrected chi connectivity index (χ0v) is 20.6. The molecule has 1 N–H and O–H groups in total. The molecule has 0 unspecified atom stereocenters. The van der Waals surface area contributed by atoms with Gasteiger partial charge in [0.2, 0.25) is 5.91 Å². The van der Waals surface area contributed by atoms with Gasteiger partial charge in [0.05, 0.1) is 10.6 Å². The van der Waals surface area contributed by atoms with Crippen molar-refractivity contribution in [3.63, 3.8) is 0 Å². The molecule has 0 spiro atoms. The third-order valence-corrected chi connectivity index (χ3v) is 7.99. The number of amides is 1. The van der Waals surface area contributed by atoms with Gasteiger partial charge in [-0.15, -0.1) is 0 Å². The van der Waals surface area contributed by atoms with Crippen molar-refractivity contribution in [3.05, 3.63) is 95.3 Å². The Morgan fingerprint density at radius 3 is 2.23 bits per heavy atom. The number of benzene rings is 3. The predicted octanol–water partition coefficient (Wildman–Crippen LogP) is 4.24. The molecule has 3 aromatic carbocycles. The van der Waals surface area contributed by atoms with Gasteiger partial charge >= 0.3 is 0 Å². The number of carbonyl (C=O) groups excluding carboxylic acids is 1. The van der Waals surface area contributed by atoms with Crippen LogP contribution in [0.1, 0.15) is 29.5 Å². The highest BCUT2D eigenvalue weighted by molar-refractivity contribution is 7.92. The molecule has 6 nitrogen and oxygen atoms in total. The van der Waals surface area contributed by atoms with E-state index in [4.69, 9.17) is 0 Å². The second-order valence-electron chi connectivity index (χ2n) is 8.83. The molecule has 3 aromatic rings. The first-order valence-corrected chi connectivity index (χ1v) is 13.2. The van der Waals surface area contributed by atoms with Crippen LogP contribution >= 0.6 is 0 Å². The summed E-state index contributed by atoms with van der Waals surface area (Å²) in [6.45, 7) is 4.80. The van der Waals surface area contributed by atoms with E-state index in [9.17, 15) is 17.6 Å². The molecule has 0 atom stereocenters. The van der Waals surface area contributed by atoms with Gasteiger partial charge in [-0.2, -0.15) is 0 Å². The molecule has 1 heterocycles. The van der Waals surface area contributed by atoms with Gasteiger partial charge in [0, 0.05) is 13.1 Å². The van der Waals surface area contributed by atoms with Crippen LogP contribution < -0.4 is 9.62 Å². The summed E-state index contributed by atoms with van der Waals surface area (Å²) in [4.78, 5) is 15.3. The van der Waals surface area contributed by atoms with Gasteiger partial charge in [0.15, 0.2) is 0 Å². The number of sulfonamides is 1. The second kappa shape index (κ2) is 11.0. The lowest BCUT2D eigenvalue weighted by atomic mass is 10.1. The Morgan fingerprint density at radius 2 is 1.57 bits per heavy atom. The zero-order valence-electron chi connectivity index (χ0n) is 19.8. The summed E-state index contributed by atoms with van der Waals surface area (Å²) >= 11 is 0. The summed E-state index contributed by atoms with van der Waals surface area (Å²) in [5, 5.41) is 2.88. The Balaban J connectivity index is 1.51. The minimum absolute atomic E-state index is 0.0803. The van der Waals surface area contributed by atoms with Crippen LogP contribution in [0.2, 0.25) is 0 Å². The molecule has 0 radical (unpaired) electrons. The van der Waals surface area contributed by atoms with Crippen LogP contribution in [0.4, 0.5) is 10.1 Å². The Labute approximate surface area is 206 Å². The molecular formula is C27H30FN3O3S. The van der Waals surface area contributed by atoms with E-state index < -0.39 is 28.3 Å². The maximum atomic E-state index is 13.4. The fourth-order valence-corrected chi connectivity index (χ4v) is 5.63. The molecule has 1 aliphatic heterocycles. The van der Waals surface area contributed by atoms with Crippen molar-refractivity contribution in [1.82, 2.24) is 10.2 Å². The third-order valence-electron chi connectivity index (χ3n) is 6.20. The van der Waals surface area contributed by atoms with E-state index in [-0.39, 0.29) is 4.90 Å². The Bertz CT molecular complexity index is 1260. The molecular weight excluding hydrogens is 465 g/mol. The number of rotatable bonds is 9. The van der Waals surface area contributed by atoms with Crippen LogP contribution in [0, 0.1) is 12.7 Å². The molecule has 1 aliphatic rings. The number of hydrogen-bond donors (Lipinski definition) is 1. The van der Waals surface area contributed by atoms with Crippen molar-refractivity contribution >= 4 is 21.6 Å². The Morgan fingerprint density at radius 1 is 0.943 bits per heavy atom. The van der Waals surface area contributed by atoms with Crippen LogP contribution in [0.25, 0.3) is 0 Å². The molecule has 35 heavy (non-hydrogen) atoms. The van der Waals surface area contributed by atoms with Crippen LogP contribution in [0.5, 0.6) is 0 Å². The van der Waals surface area contributed by atoms with Crippen molar-refractivity contribution in [2.45, 2.75) is 37.8 Å². The number of halogens is 1. The van der Waals surface area contributed by atoms with Gasteiger partial charge in [-0.25, -0.2) is 12.8 Å². The van der Waals surface area contributed by atoms with E-state index >= 15 is 0 Å².